The Morgan fingerprint density at radius 2 is 1.77 bits per heavy atom. The summed E-state index contributed by atoms with van der Waals surface area (Å²) < 4.78 is 12.3. The number of hydrogen-bond acceptors (Lipinski definition) is 4. The van der Waals surface area contributed by atoms with Gasteiger partial charge in [0.15, 0.2) is 5.76 Å². The number of furan rings is 1. The van der Waals surface area contributed by atoms with Gasteiger partial charge in [-0.2, -0.15) is 0 Å². The highest BCUT2D eigenvalue weighted by molar-refractivity contribution is 9.10. The van der Waals surface area contributed by atoms with Crippen LogP contribution in [-0.2, 0) is 11.2 Å². The lowest BCUT2D eigenvalue weighted by Crippen LogP contribution is -2.06. The third-order valence-electron chi connectivity index (χ3n) is 5.18. The van der Waals surface area contributed by atoms with Crippen molar-refractivity contribution in [3.8, 4) is 22.8 Å². The predicted molar refractivity (Wildman–Crippen MR) is 127 cm³/mol. The largest absolute Gasteiger partial charge is 0.462 e. The van der Waals surface area contributed by atoms with Crippen molar-refractivity contribution in [2.24, 2.45) is 0 Å². The SMILES string of the molecule is CCCCc1ccc(-c2ccc(-c3cc(C(=O)OCC)c4cc(Br)ccc4n3)o2)cc1. The van der Waals surface area contributed by atoms with Crippen LogP contribution in [0, 0.1) is 0 Å². The second kappa shape index (κ2) is 9.48. The maximum Gasteiger partial charge on any atom is 0.338 e. The maximum atomic E-state index is 12.6. The first kappa shape index (κ1) is 21.3. The predicted octanol–water partition coefficient (Wildman–Crippen LogP) is 7.44. The van der Waals surface area contributed by atoms with E-state index in [-0.39, 0.29) is 5.97 Å². The standard InChI is InChI=1S/C26H24BrNO3/c1-3-5-6-17-7-9-18(10-8-17)24-13-14-25(31-24)23-16-21(26(29)30-4-2)20-15-19(27)11-12-22(20)28-23/h7-16H,3-6H2,1-2H3. The van der Waals surface area contributed by atoms with Crippen molar-refractivity contribution < 1.29 is 13.9 Å². The summed E-state index contributed by atoms with van der Waals surface area (Å²) in [6, 6.07) is 19.7. The number of esters is 1. The molecule has 0 amide bonds. The van der Waals surface area contributed by atoms with Gasteiger partial charge in [0.05, 0.1) is 17.7 Å². The Morgan fingerprint density at radius 3 is 2.52 bits per heavy atom. The molecule has 4 rings (SSSR count). The van der Waals surface area contributed by atoms with Crippen molar-refractivity contribution in [2.75, 3.05) is 6.61 Å². The molecule has 0 atom stereocenters. The molecule has 158 valence electrons. The molecular weight excluding hydrogens is 454 g/mol. The number of pyridine rings is 1. The maximum absolute atomic E-state index is 12.6. The van der Waals surface area contributed by atoms with Crippen LogP contribution in [0.25, 0.3) is 33.7 Å². The zero-order valence-corrected chi connectivity index (χ0v) is 19.2. The average molecular weight is 478 g/mol. The Balaban J connectivity index is 1.70. The van der Waals surface area contributed by atoms with Crippen LogP contribution in [0.3, 0.4) is 0 Å². The summed E-state index contributed by atoms with van der Waals surface area (Å²) in [5.74, 6) is 1.01. The van der Waals surface area contributed by atoms with Crippen LogP contribution in [0.1, 0.15) is 42.6 Å². The van der Waals surface area contributed by atoms with Gasteiger partial charge in [-0.15, -0.1) is 0 Å². The van der Waals surface area contributed by atoms with E-state index in [1.807, 2.05) is 30.3 Å². The lowest BCUT2D eigenvalue weighted by atomic mass is 10.1. The number of nitrogens with zero attached hydrogens (tertiary/aromatic N) is 1. The molecule has 4 nitrogen and oxygen atoms in total. The van der Waals surface area contributed by atoms with Gasteiger partial charge in [-0.05, 0) is 61.7 Å². The molecule has 2 aromatic carbocycles. The van der Waals surface area contributed by atoms with E-state index in [9.17, 15) is 4.79 Å². The number of benzene rings is 2. The van der Waals surface area contributed by atoms with Gasteiger partial charge in [-0.25, -0.2) is 9.78 Å². The minimum atomic E-state index is -0.372. The zero-order valence-electron chi connectivity index (χ0n) is 17.7. The van der Waals surface area contributed by atoms with Gasteiger partial charge in [0.1, 0.15) is 11.5 Å². The van der Waals surface area contributed by atoms with E-state index in [1.54, 1.807) is 13.0 Å². The molecule has 0 aliphatic carbocycles. The number of fused-ring (bicyclic) bond motifs is 1. The summed E-state index contributed by atoms with van der Waals surface area (Å²) in [5, 5.41) is 0.742. The second-order valence-electron chi connectivity index (χ2n) is 7.40. The minimum Gasteiger partial charge on any atom is -0.462 e. The highest BCUT2D eigenvalue weighted by Gasteiger charge is 2.17. The van der Waals surface area contributed by atoms with E-state index in [0.29, 0.717) is 29.1 Å². The summed E-state index contributed by atoms with van der Waals surface area (Å²) in [4.78, 5) is 17.3. The fourth-order valence-corrected chi connectivity index (χ4v) is 3.91. The molecule has 31 heavy (non-hydrogen) atoms. The lowest BCUT2D eigenvalue weighted by Gasteiger charge is -2.09. The highest BCUT2D eigenvalue weighted by Crippen LogP contribution is 2.31. The molecule has 0 fully saturated rings. The Labute approximate surface area is 190 Å². The van der Waals surface area contributed by atoms with E-state index in [0.717, 1.165) is 27.6 Å². The molecule has 0 spiro atoms. The molecule has 0 unspecified atom stereocenters. The number of hydrogen-bond donors (Lipinski definition) is 0. The quantitative estimate of drug-likeness (QED) is 0.259. The summed E-state index contributed by atoms with van der Waals surface area (Å²) in [6.07, 6.45) is 3.47. The monoisotopic (exact) mass is 477 g/mol. The first-order valence-electron chi connectivity index (χ1n) is 10.6. The summed E-state index contributed by atoms with van der Waals surface area (Å²) in [6.45, 7) is 4.31. The molecule has 0 N–H and O–H groups in total. The Kier molecular flexibility index (Phi) is 6.52. The van der Waals surface area contributed by atoms with Crippen LogP contribution in [0.2, 0.25) is 0 Å². The van der Waals surface area contributed by atoms with E-state index in [2.05, 4.69) is 47.1 Å². The fraction of sp³-hybridized carbons (Fsp3) is 0.231. The first-order chi connectivity index (χ1) is 15.1. The number of aryl methyl sites for hydroxylation is 1. The van der Waals surface area contributed by atoms with Crippen LogP contribution in [0.4, 0.5) is 0 Å². The van der Waals surface area contributed by atoms with Crippen LogP contribution in [0.15, 0.2) is 69.6 Å². The van der Waals surface area contributed by atoms with Crippen molar-refractivity contribution >= 4 is 32.8 Å². The second-order valence-corrected chi connectivity index (χ2v) is 8.32. The summed E-state index contributed by atoms with van der Waals surface area (Å²) in [7, 11) is 0. The number of carbonyl (C=O) groups is 1. The summed E-state index contributed by atoms with van der Waals surface area (Å²) in [5.41, 5.74) is 4.13. The molecule has 5 heteroatoms. The normalized spacial score (nSPS) is 11.1. The number of carbonyl (C=O) groups excluding carboxylic acids is 1. The molecule has 2 heterocycles. The Hall–Kier alpha value is -2.92. The van der Waals surface area contributed by atoms with Crippen molar-refractivity contribution in [3.05, 3.63) is 76.3 Å². The molecular formula is C26H24BrNO3. The molecule has 0 saturated carbocycles. The third kappa shape index (κ3) is 4.72. The fourth-order valence-electron chi connectivity index (χ4n) is 3.55. The molecule has 0 aliphatic heterocycles. The van der Waals surface area contributed by atoms with Gasteiger partial charge in [-0.1, -0.05) is 53.5 Å². The van der Waals surface area contributed by atoms with Crippen LogP contribution in [0.5, 0.6) is 0 Å². The average Bonchev–Trinajstić information content (AvgIpc) is 3.28. The molecule has 2 aromatic heterocycles. The number of ether oxygens (including phenoxy) is 1. The summed E-state index contributed by atoms with van der Waals surface area (Å²) >= 11 is 3.47. The number of aromatic nitrogens is 1. The van der Waals surface area contributed by atoms with Gasteiger partial charge in [0.25, 0.3) is 0 Å². The van der Waals surface area contributed by atoms with Crippen molar-refractivity contribution in [2.45, 2.75) is 33.1 Å². The van der Waals surface area contributed by atoms with Crippen LogP contribution < -0.4 is 0 Å². The van der Waals surface area contributed by atoms with Gasteiger partial charge < -0.3 is 9.15 Å². The topological polar surface area (TPSA) is 52.3 Å². The number of halogens is 1. The van der Waals surface area contributed by atoms with Gasteiger partial charge >= 0.3 is 5.97 Å². The minimum absolute atomic E-state index is 0.311. The van der Waals surface area contributed by atoms with Crippen molar-refractivity contribution in [3.63, 3.8) is 0 Å². The van der Waals surface area contributed by atoms with Gasteiger partial charge in [-0.3, -0.25) is 0 Å². The van der Waals surface area contributed by atoms with Crippen LogP contribution in [-0.4, -0.2) is 17.6 Å². The number of unbranched alkanes of at least 4 members (excludes halogenated alkanes) is 1. The van der Waals surface area contributed by atoms with Gasteiger partial charge in [0.2, 0.25) is 0 Å². The zero-order chi connectivity index (χ0) is 21.8. The molecule has 0 bridgehead atoms. The number of rotatable bonds is 7. The smallest absolute Gasteiger partial charge is 0.338 e. The molecule has 0 saturated heterocycles. The van der Waals surface area contributed by atoms with Crippen LogP contribution >= 0.6 is 15.9 Å². The van der Waals surface area contributed by atoms with Crippen molar-refractivity contribution in [1.82, 2.24) is 4.98 Å². The van der Waals surface area contributed by atoms with Crippen molar-refractivity contribution in [1.29, 1.82) is 0 Å². The molecule has 0 radical (unpaired) electrons. The Bertz CT molecular complexity index is 1210. The highest BCUT2D eigenvalue weighted by atomic mass is 79.9. The van der Waals surface area contributed by atoms with E-state index in [1.165, 1.54) is 18.4 Å². The third-order valence-corrected chi connectivity index (χ3v) is 5.68. The van der Waals surface area contributed by atoms with E-state index < -0.39 is 0 Å². The molecule has 0 aliphatic rings. The Morgan fingerprint density at radius 1 is 1.00 bits per heavy atom. The molecule has 4 aromatic rings. The lowest BCUT2D eigenvalue weighted by molar-refractivity contribution is 0.0528. The van der Waals surface area contributed by atoms with E-state index in [4.69, 9.17) is 14.1 Å². The van der Waals surface area contributed by atoms with E-state index >= 15 is 0 Å². The van der Waals surface area contributed by atoms with Gasteiger partial charge in [0, 0.05) is 15.4 Å². The first-order valence-corrected chi connectivity index (χ1v) is 11.3.